The molecule has 0 aromatic heterocycles. The summed E-state index contributed by atoms with van der Waals surface area (Å²) in [5.41, 5.74) is 1.39. The summed E-state index contributed by atoms with van der Waals surface area (Å²) in [5, 5.41) is 6.80. The first-order valence-corrected chi connectivity index (χ1v) is 9.64. The van der Waals surface area contributed by atoms with Crippen LogP contribution in [0.15, 0.2) is 35.3 Å². The van der Waals surface area contributed by atoms with E-state index in [1.807, 2.05) is 0 Å². The smallest absolute Gasteiger partial charge is 0.191 e. The first kappa shape index (κ1) is 19.7. The van der Waals surface area contributed by atoms with Crippen LogP contribution in [0.5, 0.6) is 0 Å². The number of hydrogen-bond acceptors (Lipinski definition) is 3. The molecule has 0 radical (unpaired) electrons. The summed E-state index contributed by atoms with van der Waals surface area (Å²) in [6.45, 7) is 12.0. The molecule has 1 fully saturated rings. The van der Waals surface area contributed by atoms with E-state index in [0.717, 1.165) is 71.3 Å². The van der Waals surface area contributed by atoms with Gasteiger partial charge in [0.15, 0.2) is 5.96 Å². The zero-order valence-corrected chi connectivity index (χ0v) is 15.8. The largest absolute Gasteiger partial charge is 0.379 e. The highest BCUT2D eigenvalue weighted by molar-refractivity contribution is 5.79. The van der Waals surface area contributed by atoms with Gasteiger partial charge in [-0.05, 0) is 31.2 Å². The fourth-order valence-electron chi connectivity index (χ4n) is 3.02. The molecule has 0 amide bonds. The molecule has 1 aromatic rings. The van der Waals surface area contributed by atoms with Crippen LogP contribution in [0.4, 0.5) is 0 Å². The second-order valence-corrected chi connectivity index (χ2v) is 6.75. The van der Waals surface area contributed by atoms with Crippen LogP contribution in [0.2, 0.25) is 0 Å². The van der Waals surface area contributed by atoms with Crippen molar-refractivity contribution in [2.45, 2.75) is 26.7 Å². The SMILES string of the molecule is CCNC(=NCC(C)CN1CCOCC1)NCCCc1ccccc1. The van der Waals surface area contributed by atoms with Gasteiger partial charge < -0.3 is 15.4 Å². The topological polar surface area (TPSA) is 48.9 Å². The molecule has 1 atom stereocenters. The van der Waals surface area contributed by atoms with Gasteiger partial charge in [0.25, 0.3) is 0 Å². The Bertz CT molecular complexity index is 486. The van der Waals surface area contributed by atoms with Crippen LogP contribution in [0.3, 0.4) is 0 Å². The molecule has 2 rings (SSSR count). The molecule has 1 unspecified atom stereocenters. The number of nitrogens with one attached hydrogen (secondary N) is 2. The summed E-state index contributed by atoms with van der Waals surface area (Å²) in [5.74, 6) is 1.49. The van der Waals surface area contributed by atoms with E-state index in [9.17, 15) is 0 Å². The molecule has 5 heteroatoms. The molecular formula is C20H34N4O. The molecule has 1 aliphatic rings. The van der Waals surface area contributed by atoms with Gasteiger partial charge in [-0.3, -0.25) is 9.89 Å². The van der Waals surface area contributed by atoms with Gasteiger partial charge in [0.2, 0.25) is 0 Å². The summed E-state index contributed by atoms with van der Waals surface area (Å²) in [4.78, 5) is 7.24. The monoisotopic (exact) mass is 346 g/mol. The Morgan fingerprint density at radius 2 is 1.96 bits per heavy atom. The molecule has 1 heterocycles. The quantitative estimate of drug-likeness (QED) is 0.409. The van der Waals surface area contributed by atoms with Crippen LogP contribution in [-0.2, 0) is 11.2 Å². The third kappa shape index (κ3) is 8.36. The molecule has 25 heavy (non-hydrogen) atoms. The Hall–Kier alpha value is -1.59. The summed E-state index contributed by atoms with van der Waals surface area (Å²) in [6, 6.07) is 10.6. The molecule has 0 saturated carbocycles. The minimum atomic E-state index is 0.554. The van der Waals surface area contributed by atoms with E-state index < -0.39 is 0 Å². The zero-order valence-electron chi connectivity index (χ0n) is 15.8. The average molecular weight is 347 g/mol. The number of ether oxygens (including phenoxy) is 1. The molecular weight excluding hydrogens is 312 g/mol. The molecule has 0 bridgehead atoms. The van der Waals surface area contributed by atoms with E-state index in [-0.39, 0.29) is 0 Å². The Labute approximate surface area is 152 Å². The van der Waals surface area contributed by atoms with Gasteiger partial charge >= 0.3 is 0 Å². The minimum absolute atomic E-state index is 0.554. The highest BCUT2D eigenvalue weighted by Gasteiger charge is 2.13. The van der Waals surface area contributed by atoms with E-state index in [2.05, 4.69) is 59.7 Å². The normalized spacial score (nSPS) is 17.3. The Morgan fingerprint density at radius 3 is 2.68 bits per heavy atom. The van der Waals surface area contributed by atoms with Crippen molar-refractivity contribution in [2.24, 2.45) is 10.9 Å². The predicted octanol–water partition coefficient (Wildman–Crippen LogP) is 2.14. The lowest BCUT2D eigenvalue weighted by Gasteiger charge is -2.28. The van der Waals surface area contributed by atoms with Crippen LogP contribution >= 0.6 is 0 Å². The second-order valence-electron chi connectivity index (χ2n) is 6.75. The number of hydrogen-bond donors (Lipinski definition) is 2. The number of benzene rings is 1. The van der Waals surface area contributed by atoms with Crippen LogP contribution in [0, 0.1) is 5.92 Å². The molecule has 0 spiro atoms. The van der Waals surface area contributed by atoms with Crippen LogP contribution in [0.25, 0.3) is 0 Å². The number of aliphatic imine (C=N–C) groups is 1. The molecule has 1 saturated heterocycles. The van der Waals surface area contributed by atoms with Crippen molar-refractivity contribution in [3.63, 3.8) is 0 Å². The van der Waals surface area contributed by atoms with E-state index in [1.54, 1.807) is 0 Å². The van der Waals surface area contributed by atoms with Crippen molar-refractivity contribution in [3.8, 4) is 0 Å². The third-order valence-corrected chi connectivity index (χ3v) is 4.36. The van der Waals surface area contributed by atoms with Crippen molar-refractivity contribution < 1.29 is 4.74 Å². The number of aryl methyl sites for hydroxylation is 1. The number of morpholine rings is 1. The van der Waals surface area contributed by atoms with E-state index in [1.165, 1.54) is 5.56 Å². The van der Waals surface area contributed by atoms with E-state index >= 15 is 0 Å². The summed E-state index contributed by atoms with van der Waals surface area (Å²) in [7, 11) is 0. The number of nitrogens with zero attached hydrogens (tertiary/aromatic N) is 2. The number of guanidine groups is 1. The van der Waals surface area contributed by atoms with Crippen LogP contribution in [0.1, 0.15) is 25.8 Å². The summed E-state index contributed by atoms with van der Waals surface area (Å²) < 4.78 is 5.41. The maximum absolute atomic E-state index is 5.41. The van der Waals surface area contributed by atoms with Gasteiger partial charge in [-0.25, -0.2) is 0 Å². The van der Waals surface area contributed by atoms with Gasteiger partial charge in [0.05, 0.1) is 13.2 Å². The predicted molar refractivity (Wildman–Crippen MR) is 105 cm³/mol. The minimum Gasteiger partial charge on any atom is -0.379 e. The fourth-order valence-corrected chi connectivity index (χ4v) is 3.02. The molecule has 2 N–H and O–H groups in total. The highest BCUT2D eigenvalue weighted by atomic mass is 16.5. The molecule has 1 aromatic carbocycles. The van der Waals surface area contributed by atoms with E-state index in [4.69, 9.17) is 9.73 Å². The van der Waals surface area contributed by atoms with Crippen molar-refractivity contribution in [3.05, 3.63) is 35.9 Å². The Morgan fingerprint density at radius 1 is 1.20 bits per heavy atom. The van der Waals surface area contributed by atoms with Crippen molar-refractivity contribution in [2.75, 3.05) is 52.5 Å². The molecule has 1 aliphatic heterocycles. The van der Waals surface area contributed by atoms with Gasteiger partial charge in [0, 0.05) is 39.3 Å². The maximum atomic E-state index is 5.41. The zero-order chi connectivity index (χ0) is 17.7. The van der Waals surface area contributed by atoms with Gasteiger partial charge in [-0.2, -0.15) is 0 Å². The first-order chi connectivity index (χ1) is 12.3. The first-order valence-electron chi connectivity index (χ1n) is 9.64. The standard InChI is InChI=1S/C20H34N4O/c1-3-21-20(22-11-7-10-19-8-5-4-6-9-19)23-16-18(2)17-24-12-14-25-15-13-24/h4-6,8-9,18H,3,7,10-17H2,1-2H3,(H2,21,22,23). The fraction of sp³-hybridized carbons (Fsp3) is 0.650. The van der Waals surface area contributed by atoms with Crippen molar-refractivity contribution in [1.29, 1.82) is 0 Å². The lowest BCUT2D eigenvalue weighted by molar-refractivity contribution is 0.0323. The molecule has 0 aliphatic carbocycles. The van der Waals surface area contributed by atoms with Crippen LogP contribution < -0.4 is 10.6 Å². The molecule has 5 nitrogen and oxygen atoms in total. The summed E-state index contributed by atoms with van der Waals surface area (Å²) in [6.07, 6.45) is 2.21. The maximum Gasteiger partial charge on any atom is 0.191 e. The van der Waals surface area contributed by atoms with Gasteiger partial charge in [-0.1, -0.05) is 37.3 Å². The van der Waals surface area contributed by atoms with Crippen LogP contribution in [-0.4, -0.2) is 63.3 Å². The van der Waals surface area contributed by atoms with E-state index in [0.29, 0.717) is 5.92 Å². The Kier molecular flexibility index (Phi) is 9.37. The second kappa shape index (κ2) is 11.9. The molecule has 140 valence electrons. The van der Waals surface area contributed by atoms with Crippen molar-refractivity contribution in [1.82, 2.24) is 15.5 Å². The van der Waals surface area contributed by atoms with Gasteiger partial charge in [0.1, 0.15) is 0 Å². The lowest BCUT2D eigenvalue weighted by atomic mass is 10.1. The lowest BCUT2D eigenvalue weighted by Crippen LogP contribution is -2.40. The third-order valence-electron chi connectivity index (χ3n) is 4.36. The van der Waals surface area contributed by atoms with Crippen molar-refractivity contribution >= 4 is 5.96 Å². The Balaban J connectivity index is 1.67. The average Bonchev–Trinajstić information content (AvgIpc) is 2.65. The number of rotatable bonds is 9. The van der Waals surface area contributed by atoms with Gasteiger partial charge in [-0.15, -0.1) is 0 Å². The highest BCUT2D eigenvalue weighted by Crippen LogP contribution is 2.04. The summed E-state index contributed by atoms with van der Waals surface area (Å²) >= 11 is 0.